The largest absolute Gasteiger partial charge is 0.468 e. The zero-order chi connectivity index (χ0) is 12.5. The lowest BCUT2D eigenvalue weighted by atomic mass is 10.2. The van der Waals surface area contributed by atoms with Crippen LogP contribution in [-0.4, -0.2) is 31.0 Å². The Morgan fingerprint density at radius 1 is 1.53 bits per heavy atom. The first-order valence-electron chi connectivity index (χ1n) is 6.26. The fourth-order valence-electron chi connectivity index (χ4n) is 1.48. The molecule has 0 fully saturated rings. The van der Waals surface area contributed by atoms with Crippen LogP contribution in [-0.2, 0) is 4.74 Å². The molecule has 0 aliphatic heterocycles. The number of aliphatic hydroxyl groups excluding tert-OH is 1. The summed E-state index contributed by atoms with van der Waals surface area (Å²) in [4.78, 5) is 0. The highest BCUT2D eigenvalue weighted by Crippen LogP contribution is 2.11. The van der Waals surface area contributed by atoms with E-state index in [4.69, 9.17) is 9.15 Å². The Kier molecular flexibility index (Phi) is 6.93. The molecule has 1 aromatic rings. The number of ether oxygens (including phenoxy) is 1. The second-order valence-electron chi connectivity index (χ2n) is 4.23. The molecule has 0 aliphatic carbocycles. The van der Waals surface area contributed by atoms with E-state index in [1.54, 1.807) is 6.26 Å². The van der Waals surface area contributed by atoms with Crippen LogP contribution >= 0.6 is 0 Å². The van der Waals surface area contributed by atoms with Crippen LogP contribution in [0.3, 0.4) is 0 Å². The summed E-state index contributed by atoms with van der Waals surface area (Å²) >= 11 is 0. The van der Waals surface area contributed by atoms with E-state index in [-0.39, 0.29) is 6.04 Å². The average molecular weight is 241 g/mol. The summed E-state index contributed by atoms with van der Waals surface area (Å²) in [5.41, 5.74) is 0. The van der Waals surface area contributed by atoms with E-state index in [9.17, 15) is 5.11 Å². The van der Waals surface area contributed by atoms with Gasteiger partial charge in [-0.25, -0.2) is 0 Å². The van der Waals surface area contributed by atoms with E-state index in [1.807, 2.05) is 19.1 Å². The van der Waals surface area contributed by atoms with Crippen LogP contribution in [0.2, 0.25) is 0 Å². The lowest BCUT2D eigenvalue weighted by molar-refractivity contribution is 0.0345. The second-order valence-corrected chi connectivity index (χ2v) is 4.23. The van der Waals surface area contributed by atoms with Gasteiger partial charge in [-0.15, -0.1) is 0 Å². The molecule has 1 heterocycles. The number of rotatable bonds is 9. The Morgan fingerprint density at radius 3 is 3.00 bits per heavy atom. The number of hydrogen-bond acceptors (Lipinski definition) is 4. The number of unbranched alkanes of at least 4 members (excludes halogenated alkanes) is 1. The minimum absolute atomic E-state index is 0.107. The summed E-state index contributed by atoms with van der Waals surface area (Å²) in [5, 5.41) is 12.9. The van der Waals surface area contributed by atoms with Gasteiger partial charge in [0.2, 0.25) is 0 Å². The van der Waals surface area contributed by atoms with Gasteiger partial charge in [0.1, 0.15) is 5.76 Å². The van der Waals surface area contributed by atoms with Gasteiger partial charge >= 0.3 is 0 Å². The minimum Gasteiger partial charge on any atom is -0.468 e. The Bertz CT molecular complexity index is 274. The van der Waals surface area contributed by atoms with Gasteiger partial charge < -0.3 is 19.6 Å². The van der Waals surface area contributed by atoms with Crippen molar-refractivity contribution in [1.82, 2.24) is 5.32 Å². The van der Waals surface area contributed by atoms with Crippen molar-refractivity contribution in [3.8, 4) is 0 Å². The zero-order valence-corrected chi connectivity index (χ0v) is 10.7. The predicted octanol–water partition coefficient (Wildman–Crippen LogP) is 2.11. The first kappa shape index (κ1) is 14.2. The number of nitrogens with one attached hydrogen (secondary N) is 1. The highest BCUT2D eigenvalue weighted by atomic mass is 16.5. The van der Waals surface area contributed by atoms with Crippen molar-refractivity contribution in [2.45, 2.75) is 38.8 Å². The van der Waals surface area contributed by atoms with Crippen molar-refractivity contribution in [2.24, 2.45) is 0 Å². The Hall–Kier alpha value is -0.840. The van der Waals surface area contributed by atoms with Gasteiger partial charge in [-0.3, -0.25) is 0 Å². The second kappa shape index (κ2) is 8.28. The molecular formula is C13H23NO3. The molecule has 0 aromatic carbocycles. The van der Waals surface area contributed by atoms with Gasteiger partial charge in [-0.05, 0) is 25.5 Å². The van der Waals surface area contributed by atoms with Crippen molar-refractivity contribution in [3.05, 3.63) is 24.2 Å². The monoisotopic (exact) mass is 241 g/mol. The normalized spacial score (nSPS) is 14.8. The Labute approximate surface area is 103 Å². The SMILES string of the molecule is CCCCOCC(O)CN[C@@H](C)c1ccco1. The molecule has 1 unspecified atom stereocenters. The quantitative estimate of drug-likeness (QED) is 0.650. The molecule has 1 rings (SSSR count). The Morgan fingerprint density at radius 2 is 2.35 bits per heavy atom. The van der Waals surface area contributed by atoms with E-state index in [0.29, 0.717) is 13.2 Å². The third-order valence-corrected chi connectivity index (χ3v) is 2.58. The van der Waals surface area contributed by atoms with Gasteiger partial charge in [-0.2, -0.15) is 0 Å². The molecule has 2 atom stereocenters. The fourth-order valence-corrected chi connectivity index (χ4v) is 1.48. The average Bonchev–Trinajstić information content (AvgIpc) is 2.85. The van der Waals surface area contributed by atoms with Crippen LogP contribution in [0.25, 0.3) is 0 Å². The predicted molar refractivity (Wildman–Crippen MR) is 66.9 cm³/mol. The molecule has 2 N–H and O–H groups in total. The summed E-state index contributed by atoms with van der Waals surface area (Å²) in [5.74, 6) is 0.879. The van der Waals surface area contributed by atoms with Gasteiger partial charge in [0, 0.05) is 13.2 Å². The van der Waals surface area contributed by atoms with Crippen LogP contribution in [0.5, 0.6) is 0 Å². The standard InChI is InChI=1S/C13H23NO3/c1-3-4-7-16-10-12(15)9-14-11(2)13-6-5-8-17-13/h5-6,8,11-12,14-15H,3-4,7,9-10H2,1-2H3/t11-,12?/m0/s1. The molecular weight excluding hydrogens is 218 g/mol. The van der Waals surface area contributed by atoms with Gasteiger partial charge in [0.15, 0.2) is 0 Å². The van der Waals surface area contributed by atoms with Gasteiger partial charge in [-0.1, -0.05) is 13.3 Å². The van der Waals surface area contributed by atoms with Gasteiger partial charge in [0.25, 0.3) is 0 Å². The van der Waals surface area contributed by atoms with Crippen LogP contribution < -0.4 is 5.32 Å². The van der Waals surface area contributed by atoms with Gasteiger partial charge in [0.05, 0.1) is 25.0 Å². The number of aliphatic hydroxyl groups is 1. The van der Waals surface area contributed by atoms with Crippen molar-refractivity contribution < 1.29 is 14.3 Å². The molecule has 4 nitrogen and oxygen atoms in total. The third-order valence-electron chi connectivity index (χ3n) is 2.58. The molecule has 0 saturated heterocycles. The van der Waals surface area contributed by atoms with E-state index in [1.165, 1.54) is 0 Å². The molecule has 0 bridgehead atoms. The van der Waals surface area contributed by atoms with E-state index in [0.717, 1.165) is 25.2 Å². The van der Waals surface area contributed by atoms with Crippen LogP contribution in [0, 0.1) is 0 Å². The third kappa shape index (κ3) is 5.86. The number of hydrogen-bond donors (Lipinski definition) is 2. The first-order valence-corrected chi connectivity index (χ1v) is 6.26. The minimum atomic E-state index is -0.468. The molecule has 0 aliphatic rings. The summed E-state index contributed by atoms with van der Waals surface area (Å²) in [6.45, 7) is 5.74. The van der Waals surface area contributed by atoms with E-state index < -0.39 is 6.10 Å². The maximum Gasteiger partial charge on any atom is 0.120 e. The molecule has 0 radical (unpaired) electrons. The maximum absolute atomic E-state index is 9.68. The smallest absolute Gasteiger partial charge is 0.120 e. The lowest BCUT2D eigenvalue weighted by Gasteiger charge is -2.15. The van der Waals surface area contributed by atoms with Crippen molar-refractivity contribution >= 4 is 0 Å². The molecule has 17 heavy (non-hydrogen) atoms. The Balaban J connectivity index is 2.09. The maximum atomic E-state index is 9.68. The van der Waals surface area contributed by atoms with E-state index in [2.05, 4.69) is 12.2 Å². The zero-order valence-electron chi connectivity index (χ0n) is 10.7. The molecule has 1 aromatic heterocycles. The molecule has 4 heteroatoms. The van der Waals surface area contributed by atoms with Crippen molar-refractivity contribution in [3.63, 3.8) is 0 Å². The molecule has 98 valence electrons. The summed E-state index contributed by atoms with van der Waals surface area (Å²) in [7, 11) is 0. The highest BCUT2D eigenvalue weighted by Gasteiger charge is 2.10. The fraction of sp³-hybridized carbons (Fsp3) is 0.692. The van der Waals surface area contributed by atoms with Crippen LogP contribution in [0.1, 0.15) is 38.5 Å². The lowest BCUT2D eigenvalue weighted by Crippen LogP contribution is -2.32. The van der Waals surface area contributed by atoms with Crippen molar-refractivity contribution in [2.75, 3.05) is 19.8 Å². The molecule has 0 spiro atoms. The summed E-state index contributed by atoms with van der Waals surface area (Å²) in [6, 6.07) is 3.88. The molecule has 0 amide bonds. The van der Waals surface area contributed by atoms with Crippen LogP contribution in [0.4, 0.5) is 0 Å². The summed E-state index contributed by atoms with van der Waals surface area (Å²) in [6.07, 6.45) is 3.34. The van der Waals surface area contributed by atoms with E-state index >= 15 is 0 Å². The van der Waals surface area contributed by atoms with Crippen LogP contribution in [0.15, 0.2) is 22.8 Å². The van der Waals surface area contributed by atoms with Crippen molar-refractivity contribution in [1.29, 1.82) is 0 Å². The topological polar surface area (TPSA) is 54.6 Å². The highest BCUT2D eigenvalue weighted by molar-refractivity contribution is 5.02. The molecule has 0 saturated carbocycles. The number of furan rings is 1. The first-order chi connectivity index (χ1) is 8.24. The summed E-state index contributed by atoms with van der Waals surface area (Å²) < 4.78 is 10.6.